The van der Waals surface area contributed by atoms with Gasteiger partial charge in [-0.1, -0.05) is 6.07 Å². The molecule has 1 aliphatic heterocycles. The Balaban J connectivity index is 1.98. The molecule has 0 N–H and O–H groups in total. The van der Waals surface area contributed by atoms with Crippen LogP contribution < -0.4 is 0 Å². The van der Waals surface area contributed by atoms with Crippen molar-refractivity contribution >= 4 is 12.6 Å². The van der Waals surface area contributed by atoms with Gasteiger partial charge in [-0.3, -0.25) is 4.90 Å². The van der Waals surface area contributed by atoms with E-state index in [0.717, 1.165) is 31.7 Å². The Bertz CT molecular complexity index is 362. The zero-order chi connectivity index (χ0) is 11.5. The predicted molar refractivity (Wildman–Crippen MR) is 66.4 cm³/mol. The zero-order valence-corrected chi connectivity index (χ0v) is 10.4. The summed E-state index contributed by atoms with van der Waals surface area (Å²) in [4.78, 5) is 5.26. The van der Waals surface area contributed by atoms with Gasteiger partial charge in [0, 0.05) is 43.2 Å². The summed E-state index contributed by atoms with van der Waals surface area (Å²) >= 11 is 4.12. The lowest BCUT2D eigenvalue weighted by Crippen LogP contribution is -2.44. The van der Waals surface area contributed by atoms with E-state index in [1.165, 1.54) is 6.07 Å². The zero-order valence-electron chi connectivity index (χ0n) is 9.49. The minimum atomic E-state index is -0.147. The molecule has 1 aromatic rings. The van der Waals surface area contributed by atoms with E-state index in [0.29, 0.717) is 11.4 Å². The quantitative estimate of drug-likeness (QED) is 0.788. The molecule has 1 saturated heterocycles. The average molecular weight is 240 g/mol. The number of likely N-dealkylation sites (N-methyl/N-ethyl adjacent to an activating group) is 1. The fraction of sp³-hybridized carbons (Fsp3) is 0.500. The fourth-order valence-electron chi connectivity index (χ4n) is 1.91. The number of halogens is 1. The maximum absolute atomic E-state index is 13.6. The topological polar surface area (TPSA) is 6.48 Å². The molecule has 0 saturated carbocycles. The third-order valence-electron chi connectivity index (χ3n) is 3.03. The van der Waals surface area contributed by atoms with Gasteiger partial charge in [0.15, 0.2) is 0 Å². The molecule has 16 heavy (non-hydrogen) atoms. The van der Waals surface area contributed by atoms with Crippen LogP contribution in [0.15, 0.2) is 23.1 Å². The molecule has 0 atom stereocenters. The first-order valence-electron chi connectivity index (χ1n) is 5.53. The normalized spacial score (nSPS) is 18.9. The highest BCUT2D eigenvalue weighted by Crippen LogP contribution is 2.15. The Labute approximate surface area is 101 Å². The fourth-order valence-corrected chi connectivity index (χ4v) is 2.10. The van der Waals surface area contributed by atoms with Gasteiger partial charge in [0.05, 0.1) is 0 Å². The van der Waals surface area contributed by atoms with Crippen LogP contribution in [0, 0.1) is 5.82 Å². The lowest BCUT2D eigenvalue weighted by atomic mass is 10.2. The maximum Gasteiger partial charge on any atom is 0.128 e. The largest absolute Gasteiger partial charge is 0.304 e. The highest BCUT2D eigenvalue weighted by atomic mass is 32.1. The number of piperazine rings is 1. The van der Waals surface area contributed by atoms with E-state index in [9.17, 15) is 4.39 Å². The lowest BCUT2D eigenvalue weighted by molar-refractivity contribution is 0.147. The molecule has 1 heterocycles. The third-order valence-corrected chi connectivity index (χ3v) is 3.30. The molecule has 4 heteroatoms. The summed E-state index contributed by atoms with van der Waals surface area (Å²) in [6.07, 6.45) is 0. The summed E-state index contributed by atoms with van der Waals surface area (Å²) in [6, 6.07) is 5.15. The van der Waals surface area contributed by atoms with Crippen molar-refractivity contribution in [2.75, 3.05) is 33.2 Å². The predicted octanol–water partition coefficient (Wildman–Crippen LogP) is 1.86. The molecule has 1 fully saturated rings. The van der Waals surface area contributed by atoms with E-state index in [-0.39, 0.29) is 5.82 Å². The van der Waals surface area contributed by atoms with Crippen molar-refractivity contribution in [1.29, 1.82) is 0 Å². The SMILES string of the molecule is CN1CCN(Cc2ccc(S)cc2F)CC1. The van der Waals surface area contributed by atoms with Crippen LogP contribution in [-0.2, 0) is 6.54 Å². The van der Waals surface area contributed by atoms with Gasteiger partial charge >= 0.3 is 0 Å². The minimum absolute atomic E-state index is 0.147. The van der Waals surface area contributed by atoms with Gasteiger partial charge in [-0.2, -0.15) is 0 Å². The monoisotopic (exact) mass is 240 g/mol. The standard InChI is InChI=1S/C12H17FN2S/c1-14-4-6-15(7-5-14)9-10-2-3-11(16)8-12(10)13/h2-3,8,16H,4-7,9H2,1H3. The molecule has 0 aromatic heterocycles. The summed E-state index contributed by atoms with van der Waals surface area (Å²) in [7, 11) is 2.12. The van der Waals surface area contributed by atoms with E-state index in [1.807, 2.05) is 12.1 Å². The van der Waals surface area contributed by atoms with Gasteiger partial charge in [0.25, 0.3) is 0 Å². The van der Waals surface area contributed by atoms with Crippen LogP contribution in [0.25, 0.3) is 0 Å². The Hall–Kier alpha value is -0.580. The van der Waals surface area contributed by atoms with Crippen LogP contribution in [0.1, 0.15) is 5.56 Å². The smallest absolute Gasteiger partial charge is 0.128 e. The lowest BCUT2D eigenvalue weighted by Gasteiger charge is -2.32. The molecule has 1 aliphatic rings. The molecular weight excluding hydrogens is 223 g/mol. The first-order chi connectivity index (χ1) is 7.65. The molecule has 0 aliphatic carbocycles. The average Bonchev–Trinajstić information content (AvgIpc) is 2.25. The molecule has 0 spiro atoms. The van der Waals surface area contributed by atoms with E-state index in [1.54, 1.807) is 0 Å². The second-order valence-corrected chi connectivity index (χ2v) is 4.87. The highest BCUT2D eigenvalue weighted by Gasteiger charge is 2.15. The molecule has 88 valence electrons. The van der Waals surface area contributed by atoms with Crippen LogP contribution in [-0.4, -0.2) is 43.0 Å². The van der Waals surface area contributed by atoms with Gasteiger partial charge in [-0.15, -0.1) is 12.6 Å². The second kappa shape index (κ2) is 5.17. The molecule has 0 radical (unpaired) electrons. The van der Waals surface area contributed by atoms with Gasteiger partial charge in [0.1, 0.15) is 5.82 Å². The van der Waals surface area contributed by atoms with Crippen molar-refractivity contribution < 1.29 is 4.39 Å². The van der Waals surface area contributed by atoms with Crippen molar-refractivity contribution in [2.45, 2.75) is 11.4 Å². The summed E-state index contributed by atoms with van der Waals surface area (Å²) < 4.78 is 13.6. The van der Waals surface area contributed by atoms with E-state index in [2.05, 4.69) is 29.5 Å². The van der Waals surface area contributed by atoms with E-state index >= 15 is 0 Å². The van der Waals surface area contributed by atoms with Crippen LogP contribution in [0.3, 0.4) is 0 Å². The molecule has 0 amide bonds. The maximum atomic E-state index is 13.6. The van der Waals surface area contributed by atoms with Gasteiger partial charge in [-0.25, -0.2) is 4.39 Å². The molecule has 2 nitrogen and oxygen atoms in total. The van der Waals surface area contributed by atoms with Gasteiger partial charge in [-0.05, 0) is 19.2 Å². The first kappa shape index (κ1) is 11.9. The van der Waals surface area contributed by atoms with Crippen LogP contribution >= 0.6 is 12.6 Å². The van der Waals surface area contributed by atoms with Crippen molar-refractivity contribution in [3.63, 3.8) is 0 Å². The molecule has 0 unspecified atom stereocenters. The van der Waals surface area contributed by atoms with E-state index in [4.69, 9.17) is 0 Å². The van der Waals surface area contributed by atoms with Crippen molar-refractivity contribution in [2.24, 2.45) is 0 Å². The first-order valence-corrected chi connectivity index (χ1v) is 5.98. The molecule has 1 aromatic carbocycles. The summed E-state index contributed by atoms with van der Waals surface area (Å²) in [5, 5.41) is 0. The summed E-state index contributed by atoms with van der Waals surface area (Å²) in [5.74, 6) is -0.147. The molecular formula is C12H17FN2S. The molecule has 2 rings (SSSR count). The Morgan fingerprint density at radius 2 is 1.94 bits per heavy atom. The van der Waals surface area contributed by atoms with Gasteiger partial charge in [0.2, 0.25) is 0 Å². The molecule has 0 bridgehead atoms. The van der Waals surface area contributed by atoms with Crippen molar-refractivity contribution in [1.82, 2.24) is 9.80 Å². The van der Waals surface area contributed by atoms with Crippen molar-refractivity contribution in [3.05, 3.63) is 29.6 Å². The van der Waals surface area contributed by atoms with Crippen LogP contribution in [0.4, 0.5) is 4.39 Å². The van der Waals surface area contributed by atoms with Crippen molar-refractivity contribution in [3.8, 4) is 0 Å². The summed E-state index contributed by atoms with van der Waals surface area (Å²) in [5.41, 5.74) is 0.766. The number of rotatable bonds is 2. The number of benzene rings is 1. The Morgan fingerprint density at radius 1 is 1.25 bits per heavy atom. The third kappa shape index (κ3) is 2.97. The minimum Gasteiger partial charge on any atom is -0.304 e. The Kier molecular flexibility index (Phi) is 3.84. The number of hydrogen-bond acceptors (Lipinski definition) is 3. The Morgan fingerprint density at radius 3 is 2.56 bits per heavy atom. The van der Waals surface area contributed by atoms with Gasteiger partial charge < -0.3 is 4.90 Å². The number of nitrogens with zero attached hydrogens (tertiary/aromatic N) is 2. The summed E-state index contributed by atoms with van der Waals surface area (Å²) in [6.45, 7) is 4.85. The van der Waals surface area contributed by atoms with Crippen LogP contribution in [0.2, 0.25) is 0 Å². The second-order valence-electron chi connectivity index (χ2n) is 4.36. The number of thiol groups is 1. The van der Waals surface area contributed by atoms with Crippen LogP contribution in [0.5, 0.6) is 0 Å². The highest BCUT2D eigenvalue weighted by molar-refractivity contribution is 7.80. The van der Waals surface area contributed by atoms with E-state index < -0.39 is 0 Å². The number of hydrogen-bond donors (Lipinski definition) is 1.